The highest BCUT2D eigenvalue weighted by Gasteiger charge is 2.19. The molecule has 6 nitrogen and oxygen atoms in total. The summed E-state index contributed by atoms with van der Waals surface area (Å²) in [4.78, 5) is 34.4. The molecule has 0 radical (unpaired) electrons. The largest absolute Gasteiger partial charge is 0.478 e. The second kappa shape index (κ2) is 8.19. The Morgan fingerprint density at radius 1 is 1.00 bits per heavy atom. The van der Waals surface area contributed by atoms with Crippen molar-refractivity contribution in [3.8, 4) is 0 Å². The molecule has 136 valence electrons. The number of hydrogen-bond donors (Lipinski definition) is 3. The van der Waals surface area contributed by atoms with Crippen molar-refractivity contribution in [1.82, 2.24) is 5.32 Å². The maximum atomic E-state index is 13.2. The highest BCUT2D eigenvalue weighted by Crippen LogP contribution is 2.10. The number of carbonyl (C=O) groups excluding carboxylic acids is 2. The Labute approximate surface area is 147 Å². The van der Waals surface area contributed by atoms with E-state index in [0.29, 0.717) is 11.6 Å². The summed E-state index contributed by atoms with van der Waals surface area (Å²) in [6.45, 7) is 0. The smallest absolute Gasteiger partial charge is 0.335 e. The van der Waals surface area contributed by atoms with Crippen LogP contribution in [0.3, 0.4) is 0 Å². The molecule has 0 aromatic heterocycles. The van der Waals surface area contributed by atoms with Gasteiger partial charge >= 0.3 is 5.97 Å². The predicted molar refractivity (Wildman–Crippen MR) is 88.3 cm³/mol. The van der Waals surface area contributed by atoms with Gasteiger partial charge in [0.05, 0.1) is 12.0 Å². The molecule has 2 aromatic rings. The number of nitrogens with two attached hydrogens (primary N) is 1. The van der Waals surface area contributed by atoms with Gasteiger partial charge in [-0.25, -0.2) is 13.6 Å². The number of aromatic carboxylic acids is 1. The van der Waals surface area contributed by atoms with Gasteiger partial charge in [0.1, 0.15) is 17.7 Å². The van der Waals surface area contributed by atoms with E-state index in [1.54, 1.807) is 0 Å². The van der Waals surface area contributed by atoms with Crippen molar-refractivity contribution in [2.24, 2.45) is 5.73 Å². The molecule has 0 bridgehead atoms. The number of nitrogens with one attached hydrogen (secondary N) is 1. The number of hydrogen-bond acceptors (Lipinski definition) is 3. The van der Waals surface area contributed by atoms with E-state index >= 15 is 0 Å². The molecular formula is C18H16F2N2O4. The first-order valence-corrected chi connectivity index (χ1v) is 7.60. The van der Waals surface area contributed by atoms with Crippen molar-refractivity contribution < 1.29 is 28.3 Å². The quantitative estimate of drug-likeness (QED) is 0.692. The van der Waals surface area contributed by atoms with Crippen molar-refractivity contribution in [3.63, 3.8) is 0 Å². The summed E-state index contributed by atoms with van der Waals surface area (Å²) in [6.07, 6.45) is -0.269. The monoisotopic (exact) mass is 362 g/mol. The summed E-state index contributed by atoms with van der Waals surface area (Å²) in [5, 5.41) is 11.3. The third kappa shape index (κ3) is 5.37. The Morgan fingerprint density at radius 2 is 1.58 bits per heavy atom. The normalized spacial score (nSPS) is 11.6. The van der Waals surface area contributed by atoms with E-state index in [4.69, 9.17) is 10.8 Å². The van der Waals surface area contributed by atoms with Gasteiger partial charge in [0, 0.05) is 12.5 Å². The second-order valence-corrected chi connectivity index (χ2v) is 5.68. The van der Waals surface area contributed by atoms with Crippen molar-refractivity contribution >= 4 is 17.8 Å². The van der Waals surface area contributed by atoms with E-state index in [1.165, 1.54) is 24.3 Å². The minimum atomic E-state index is -1.08. The third-order valence-corrected chi connectivity index (χ3v) is 3.61. The zero-order valence-electron chi connectivity index (χ0n) is 13.5. The molecule has 8 heteroatoms. The molecule has 4 N–H and O–H groups in total. The molecule has 0 fully saturated rings. The first kappa shape index (κ1) is 19.0. The fourth-order valence-corrected chi connectivity index (χ4v) is 2.39. The lowest BCUT2D eigenvalue weighted by atomic mass is 10.0. The van der Waals surface area contributed by atoms with Gasteiger partial charge in [0.15, 0.2) is 0 Å². The SMILES string of the molecule is NC(=O)[C@H](Cc1ccc(C(=O)O)cc1)NC(=O)Cc1cc(F)cc(F)c1. The van der Waals surface area contributed by atoms with E-state index in [9.17, 15) is 23.2 Å². The Balaban J connectivity index is 2.03. The molecule has 2 aromatic carbocycles. The van der Waals surface area contributed by atoms with Gasteiger partial charge in [-0.3, -0.25) is 9.59 Å². The zero-order chi connectivity index (χ0) is 19.3. The Hall–Kier alpha value is -3.29. The highest BCUT2D eigenvalue weighted by molar-refractivity contribution is 5.88. The fraction of sp³-hybridized carbons (Fsp3) is 0.167. The van der Waals surface area contributed by atoms with Crippen molar-refractivity contribution in [1.29, 1.82) is 0 Å². The summed E-state index contributed by atoms with van der Waals surface area (Å²) < 4.78 is 26.3. The first-order chi connectivity index (χ1) is 12.2. The van der Waals surface area contributed by atoms with Crippen LogP contribution < -0.4 is 11.1 Å². The van der Waals surface area contributed by atoms with E-state index in [0.717, 1.165) is 12.1 Å². The molecule has 0 heterocycles. The fourth-order valence-electron chi connectivity index (χ4n) is 2.39. The van der Waals surface area contributed by atoms with Crippen LogP contribution in [0.2, 0.25) is 0 Å². The van der Waals surface area contributed by atoms with Crippen LogP contribution in [-0.4, -0.2) is 28.9 Å². The molecule has 0 aliphatic rings. The zero-order valence-corrected chi connectivity index (χ0v) is 13.5. The third-order valence-electron chi connectivity index (χ3n) is 3.61. The van der Waals surface area contributed by atoms with Crippen LogP contribution in [-0.2, 0) is 22.4 Å². The molecule has 0 saturated heterocycles. The van der Waals surface area contributed by atoms with Crippen LogP contribution in [0.5, 0.6) is 0 Å². The topological polar surface area (TPSA) is 109 Å². The number of benzene rings is 2. The van der Waals surface area contributed by atoms with E-state index in [1.807, 2.05) is 0 Å². The second-order valence-electron chi connectivity index (χ2n) is 5.68. The number of halogens is 2. The minimum Gasteiger partial charge on any atom is -0.478 e. The Kier molecular flexibility index (Phi) is 6.00. The van der Waals surface area contributed by atoms with Crippen LogP contribution in [0, 0.1) is 11.6 Å². The van der Waals surface area contributed by atoms with Gasteiger partial charge < -0.3 is 16.2 Å². The lowest BCUT2D eigenvalue weighted by Gasteiger charge is -2.16. The summed E-state index contributed by atoms with van der Waals surface area (Å²) >= 11 is 0. The molecule has 2 rings (SSSR count). The van der Waals surface area contributed by atoms with Crippen LogP contribution in [0.4, 0.5) is 8.78 Å². The first-order valence-electron chi connectivity index (χ1n) is 7.60. The summed E-state index contributed by atoms with van der Waals surface area (Å²) in [7, 11) is 0. The molecule has 26 heavy (non-hydrogen) atoms. The molecule has 0 spiro atoms. The van der Waals surface area contributed by atoms with Crippen molar-refractivity contribution in [3.05, 3.63) is 70.8 Å². The number of carboxylic acid groups (broad SMARTS) is 1. The van der Waals surface area contributed by atoms with Gasteiger partial charge in [-0.2, -0.15) is 0 Å². The number of primary amides is 1. The van der Waals surface area contributed by atoms with Crippen LogP contribution in [0.15, 0.2) is 42.5 Å². The van der Waals surface area contributed by atoms with Gasteiger partial charge in [0.2, 0.25) is 11.8 Å². The average molecular weight is 362 g/mol. The molecule has 2 amide bonds. The molecule has 0 aliphatic carbocycles. The maximum Gasteiger partial charge on any atom is 0.335 e. The predicted octanol–water partition coefficient (Wildman–Crippen LogP) is 1.42. The molecular weight excluding hydrogens is 346 g/mol. The number of carboxylic acids is 1. The molecule has 1 atom stereocenters. The maximum absolute atomic E-state index is 13.2. The van der Waals surface area contributed by atoms with Crippen LogP contribution in [0.1, 0.15) is 21.5 Å². The lowest BCUT2D eigenvalue weighted by Crippen LogP contribution is -2.46. The van der Waals surface area contributed by atoms with E-state index < -0.39 is 35.5 Å². The van der Waals surface area contributed by atoms with Crippen molar-refractivity contribution in [2.45, 2.75) is 18.9 Å². The van der Waals surface area contributed by atoms with Crippen LogP contribution in [0.25, 0.3) is 0 Å². The van der Waals surface area contributed by atoms with Gasteiger partial charge in [-0.15, -0.1) is 0 Å². The van der Waals surface area contributed by atoms with E-state index in [2.05, 4.69) is 5.32 Å². The van der Waals surface area contributed by atoms with Crippen LogP contribution >= 0.6 is 0 Å². The van der Waals surface area contributed by atoms with E-state index in [-0.39, 0.29) is 24.0 Å². The van der Waals surface area contributed by atoms with Gasteiger partial charge in [-0.05, 0) is 35.4 Å². The summed E-state index contributed by atoms with van der Waals surface area (Å²) in [5.41, 5.74) is 6.08. The van der Waals surface area contributed by atoms with Gasteiger partial charge in [0.25, 0.3) is 0 Å². The molecule has 0 aliphatic heterocycles. The van der Waals surface area contributed by atoms with Gasteiger partial charge in [-0.1, -0.05) is 12.1 Å². The molecule has 0 saturated carbocycles. The number of rotatable bonds is 7. The number of amides is 2. The average Bonchev–Trinajstić information content (AvgIpc) is 2.53. The summed E-state index contributed by atoms with van der Waals surface area (Å²) in [5.74, 6) is -4.11. The lowest BCUT2D eigenvalue weighted by molar-refractivity contribution is -0.127. The minimum absolute atomic E-state index is 0.0541. The standard InChI is InChI=1S/C18H16F2N2O4/c19-13-5-11(6-14(20)9-13)8-16(23)22-15(17(21)24)7-10-1-3-12(4-2-10)18(25)26/h1-6,9,15H,7-8H2,(H2,21,24)(H,22,23)(H,25,26)/t15-/m0/s1. The number of carbonyl (C=O) groups is 3. The molecule has 0 unspecified atom stereocenters. The Morgan fingerprint density at radius 3 is 2.08 bits per heavy atom. The Bertz CT molecular complexity index is 817. The summed E-state index contributed by atoms with van der Waals surface area (Å²) in [6, 6.07) is 7.44. The van der Waals surface area contributed by atoms with Crippen molar-refractivity contribution in [2.75, 3.05) is 0 Å². The highest BCUT2D eigenvalue weighted by atomic mass is 19.1.